The number of methoxy groups -OCH3 is 1. The van der Waals surface area contributed by atoms with E-state index in [4.69, 9.17) is 15.2 Å². The van der Waals surface area contributed by atoms with E-state index in [1.54, 1.807) is 42.5 Å². The van der Waals surface area contributed by atoms with Crippen molar-refractivity contribution in [2.45, 2.75) is 12.3 Å². The largest absolute Gasteiger partial charge is 0.493 e. The minimum Gasteiger partial charge on any atom is -0.493 e. The Kier molecular flexibility index (Phi) is 5.77. The summed E-state index contributed by atoms with van der Waals surface area (Å²) in [6.45, 7) is -0.276. The number of benzene rings is 1. The number of carbonyl (C=O) groups is 2. The predicted molar refractivity (Wildman–Crippen MR) is 103 cm³/mol. The first-order valence-corrected chi connectivity index (χ1v) is 8.69. The number of aromatic hydroxyl groups is 1. The average molecular weight is 397 g/mol. The number of carbonyl (C=O) groups excluding carboxylic acids is 2. The number of fused-ring (bicyclic) bond motifs is 1. The van der Waals surface area contributed by atoms with E-state index in [2.05, 4.69) is 4.98 Å². The highest BCUT2D eigenvalue weighted by Gasteiger charge is 2.27. The Morgan fingerprint density at radius 1 is 1.21 bits per heavy atom. The van der Waals surface area contributed by atoms with Crippen molar-refractivity contribution in [3.05, 3.63) is 70.1 Å². The molecule has 2 aromatic heterocycles. The molecule has 0 fully saturated rings. The van der Waals surface area contributed by atoms with Gasteiger partial charge in [0.05, 0.1) is 19.1 Å². The van der Waals surface area contributed by atoms with Gasteiger partial charge in [-0.15, -0.1) is 0 Å². The second kappa shape index (κ2) is 8.42. The van der Waals surface area contributed by atoms with E-state index in [1.807, 2.05) is 0 Å². The van der Waals surface area contributed by atoms with Crippen molar-refractivity contribution in [3.8, 4) is 11.6 Å². The molecule has 0 saturated carbocycles. The Balaban J connectivity index is 2.07. The molecule has 3 aromatic rings. The Morgan fingerprint density at radius 3 is 2.59 bits per heavy atom. The van der Waals surface area contributed by atoms with Crippen molar-refractivity contribution in [2.75, 3.05) is 13.7 Å². The Labute approximate surface area is 165 Å². The molecule has 0 spiro atoms. The molecule has 3 N–H and O–H groups in total. The fourth-order valence-corrected chi connectivity index (χ4v) is 2.98. The molecule has 1 aromatic carbocycles. The van der Waals surface area contributed by atoms with Crippen molar-refractivity contribution in [3.63, 3.8) is 0 Å². The number of aromatic nitrogens is 2. The Hall–Kier alpha value is -3.88. The summed E-state index contributed by atoms with van der Waals surface area (Å²) in [5, 5.41) is 10.5. The number of esters is 1. The second-order valence-electron chi connectivity index (χ2n) is 6.24. The molecule has 0 radical (unpaired) electrons. The van der Waals surface area contributed by atoms with Crippen LogP contribution in [0.15, 0.2) is 53.5 Å². The van der Waals surface area contributed by atoms with Crippen LogP contribution in [-0.4, -0.2) is 40.1 Å². The fourth-order valence-electron chi connectivity index (χ4n) is 2.98. The van der Waals surface area contributed by atoms with E-state index in [9.17, 15) is 19.5 Å². The van der Waals surface area contributed by atoms with E-state index < -0.39 is 29.2 Å². The zero-order chi connectivity index (χ0) is 21.0. The summed E-state index contributed by atoms with van der Waals surface area (Å²) >= 11 is 0. The minimum atomic E-state index is -0.801. The van der Waals surface area contributed by atoms with Crippen LogP contribution in [0.5, 0.6) is 11.6 Å². The third-order valence-electron chi connectivity index (χ3n) is 4.36. The van der Waals surface area contributed by atoms with Gasteiger partial charge in [0.1, 0.15) is 11.4 Å². The number of rotatable bonds is 7. The summed E-state index contributed by atoms with van der Waals surface area (Å²) in [6, 6.07) is 11.3. The smallest absolute Gasteiger partial charge is 0.306 e. The van der Waals surface area contributed by atoms with Crippen LogP contribution >= 0.6 is 0 Å². The summed E-state index contributed by atoms with van der Waals surface area (Å²) in [7, 11) is 1.24. The molecule has 9 heteroatoms. The molecule has 9 nitrogen and oxygen atoms in total. The van der Waals surface area contributed by atoms with E-state index in [0.29, 0.717) is 11.3 Å². The molecule has 1 amide bonds. The maximum Gasteiger partial charge on any atom is 0.306 e. The highest BCUT2D eigenvalue weighted by atomic mass is 16.5. The second-order valence-corrected chi connectivity index (χ2v) is 6.24. The number of nitrogens with two attached hydrogens (primary N) is 1. The lowest BCUT2D eigenvalue weighted by Crippen LogP contribution is -2.24. The standard InChI is InChI=1S/C20H19N3O6/c1-28-17(25)10-14(12-5-7-13(8-6-12)29-11-15(21)24)18-19(26)22-16-4-2-3-9-23(16)20(18)27/h2-9,14,26H,10-11H2,1H3,(H2,21,24). The highest BCUT2D eigenvalue weighted by molar-refractivity contribution is 5.75. The number of hydrogen-bond donors (Lipinski definition) is 2. The first kappa shape index (κ1) is 19.9. The highest BCUT2D eigenvalue weighted by Crippen LogP contribution is 2.32. The van der Waals surface area contributed by atoms with Gasteiger partial charge >= 0.3 is 5.97 Å². The van der Waals surface area contributed by atoms with Gasteiger partial charge < -0.3 is 20.3 Å². The van der Waals surface area contributed by atoms with Crippen molar-refractivity contribution in [2.24, 2.45) is 5.73 Å². The summed E-state index contributed by atoms with van der Waals surface area (Å²) in [5.74, 6) is -2.03. The monoisotopic (exact) mass is 397 g/mol. The van der Waals surface area contributed by atoms with Gasteiger partial charge in [-0.05, 0) is 29.8 Å². The van der Waals surface area contributed by atoms with Crippen LogP contribution in [0.1, 0.15) is 23.5 Å². The summed E-state index contributed by atoms with van der Waals surface area (Å²) in [4.78, 5) is 39.9. The van der Waals surface area contributed by atoms with E-state index >= 15 is 0 Å². The number of ether oxygens (including phenoxy) is 2. The maximum absolute atomic E-state index is 13.0. The van der Waals surface area contributed by atoms with Gasteiger partial charge in [-0.25, -0.2) is 0 Å². The molecule has 0 saturated heterocycles. The molecule has 0 bridgehead atoms. The first-order chi connectivity index (χ1) is 13.9. The lowest BCUT2D eigenvalue weighted by atomic mass is 9.89. The average Bonchev–Trinajstić information content (AvgIpc) is 2.71. The SMILES string of the molecule is COC(=O)CC(c1ccc(OCC(N)=O)cc1)c1c(O)nc2ccccn2c1=O. The fraction of sp³-hybridized carbons (Fsp3) is 0.200. The van der Waals surface area contributed by atoms with Crippen molar-refractivity contribution in [1.29, 1.82) is 0 Å². The number of primary amides is 1. The quantitative estimate of drug-likeness (QED) is 0.567. The molecular weight excluding hydrogens is 378 g/mol. The molecule has 2 heterocycles. The number of amides is 1. The maximum atomic E-state index is 13.0. The van der Waals surface area contributed by atoms with Gasteiger partial charge in [-0.1, -0.05) is 18.2 Å². The van der Waals surface area contributed by atoms with Crippen molar-refractivity contribution < 1.29 is 24.2 Å². The number of pyridine rings is 1. The molecule has 3 rings (SSSR count). The number of nitrogens with zero attached hydrogens (tertiary/aromatic N) is 2. The lowest BCUT2D eigenvalue weighted by molar-refractivity contribution is -0.140. The minimum absolute atomic E-state index is 0.0232. The molecule has 150 valence electrons. The lowest BCUT2D eigenvalue weighted by Gasteiger charge is -2.18. The summed E-state index contributed by atoms with van der Waals surface area (Å²) < 4.78 is 11.3. The summed E-state index contributed by atoms with van der Waals surface area (Å²) in [6.07, 6.45) is 1.35. The van der Waals surface area contributed by atoms with Crippen LogP contribution in [0.4, 0.5) is 0 Å². The van der Waals surface area contributed by atoms with E-state index in [1.165, 1.54) is 17.7 Å². The van der Waals surface area contributed by atoms with Crippen LogP contribution < -0.4 is 16.0 Å². The van der Waals surface area contributed by atoms with Gasteiger partial charge in [0.2, 0.25) is 5.88 Å². The van der Waals surface area contributed by atoms with E-state index in [0.717, 1.165) is 0 Å². The molecular formula is C20H19N3O6. The van der Waals surface area contributed by atoms with Crippen molar-refractivity contribution >= 4 is 17.5 Å². The van der Waals surface area contributed by atoms with Gasteiger partial charge in [-0.3, -0.25) is 18.8 Å². The van der Waals surface area contributed by atoms with Crippen LogP contribution in [0.3, 0.4) is 0 Å². The van der Waals surface area contributed by atoms with Crippen LogP contribution in [-0.2, 0) is 14.3 Å². The van der Waals surface area contributed by atoms with Gasteiger partial charge in [-0.2, -0.15) is 4.98 Å². The first-order valence-electron chi connectivity index (χ1n) is 8.69. The topological polar surface area (TPSA) is 133 Å². The van der Waals surface area contributed by atoms with Crippen LogP contribution in [0.2, 0.25) is 0 Å². The van der Waals surface area contributed by atoms with Gasteiger partial charge in [0, 0.05) is 12.1 Å². The molecule has 0 aliphatic carbocycles. The zero-order valence-corrected chi connectivity index (χ0v) is 15.6. The van der Waals surface area contributed by atoms with E-state index in [-0.39, 0.29) is 24.2 Å². The van der Waals surface area contributed by atoms with Crippen LogP contribution in [0, 0.1) is 0 Å². The normalized spacial score (nSPS) is 11.8. The Morgan fingerprint density at radius 2 is 1.93 bits per heavy atom. The van der Waals surface area contributed by atoms with Gasteiger partial charge in [0.15, 0.2) is 6.61 Å². The Bertz CT molecular complexity index is 1110. The van der Waals surface area contributed by atoms with Crippen molar-refractivity contribution in [1.82, 2.24) is 9.38 Å². The van der Waals surface area contributed by atoms with Crippen LogP contribution in [0.25, 0.3) is 5.65 Å². The molecule has 0 aliphatic heterocycles. The molecule has 29 heavy (non-hydrogen) atoms. The number of hydrogen-bond acceptors (Lipinski definition) is 7. The third-order valence-corrected chi connectivity index (χ3v) is 4.36. The third kappa shape index (κ3) is 4.34. The zero-order valence-electron chi connectivity index (χ0n) is 15.6. The van der Waals surface area contributed by atoms with Gasteiger partial charge in [0.25, 0.3) is 11.5 Å². The summed E-state index contributed by atoms with van der Waals surface area (Å²) in [5.41, 5.74) is 5.39. The predicted octanol–water partition coefficient (Wildman–Crippen LogP) is 0.959. The molecule has 1 atom stereocenters. The molecule has 1 unspecified atom stereocenters. The molecule has 0 aliphatic rings.